The highest BCUT2D eigenvalue weighted by molar-refractivity contribution is 7.00. The second-order valence-electron chi connectivity index (χ2n) is 22.7. The van der Waals surface area contributed by atoms with Crippen LogP contribution in [-0.4, -0.2) is 78.7 Å². The molecule has 0 bridgehead atoms. The third-order valence-electron chi connectivity index (χ3n) is 14.6. The molecule has 8 nitrogen and oxygen atoms in total. The van der Waals surface area contributed by atoms with Crippen LogP contribution in [0.3, 0.4) is 0 Å². The van der Waals surface area contributed by atoms with Gasteiger partial charge in [0.2, 0.25) is 0 Å². The maximum Gasteiger partial charge on any atom is 0.261 e. The number of aliphatic hydroxyl groups is 2. The molecule has 0 saturated carbocycles. The van der Waals surface area contributed by atoms with Crippen LogP contribution >= 0.6 is 0 Å². The second-order valence-corrected chi connectivity index (χ2v) is 31.2. The van der Waals surface area contributed by atoms with Crippen LogP contribution in [0.2, 0.25) is 10.1 Å². The van der Waals surface area contributed by atoms with Crippen LogP contribution in [0.25, 0.3) is 0 Å². The van der Waals surface area contributed by atoms with E-state index in [9.17, 15) is 10.2 Å². The Bertz CT molecular complexity index is 2850. The van der Waals surface area contributed by atoms with E-state index in [2.05, 4.69) is 126 Å². The zero-order chi connectivity index (χ0) is 59.8. The summed E-state index contributed by atoms with van der Waals surface area (Å²) >= 11 is 0. The molecule has 2 N–H and O–H groups in total. The Balaban J connectivity index is 0.000000430. The number of benzene rings is 6. The molecule has 0 fully saturated rings. The first-order chi connectivity index (χ1) is 39.2. The minimum atomic E-state index is -2.78. The van der Waals surface area contributed by atoms with Crippen LogP contribution in [0, 0.1) is 23.7 Å². The molecule has 6 rings (SSSR count). The van der Waals surface area contributed by atoms with E-state index >= 15 is 8.78 Å². The minimum Gasteiger partial charge on any atom is -0.497 e. The summed E-state index contributed by atoms with van der Waals surface area (Å²) in [5, 5.41) is 25.1. The lowest BCUT2D eigenvalue weighted by Gasteiger charge is -2.45. The normalized spacial score (nSPS) is 14.4. The van der Waals surface area contributed by atoms with Crippen molar-refractivity contribution in [2.45, 2.75) is 145 Å². The molecular weight excluding hydrogens is 1090 g/mol. The lowest BCUT2D eigenvalue weighted by molar-refractivity contribution is 0.125. The van der Waals surface area contributed by atoms with Crippen molar-refractivity contribution in [2.75, 3.05) is 27.4 Å². The molecular formula is C72H96F2O8Si2. The molecule has 6 atom stereocenters. The summed E-state index contributed by atoms with van der Waals surface area (Å²) < 4.78 is 65.9. The predicted molar refractivity (Wildman–Crippen MR) is 350 cm³/mol. The predicted octanol–water partition coefficient (Wildman–Crippen LogP) is 14.7. The fourth-order valence-corrected chi connectivity index (χ4v) is 19.3. The van der Waals surface area contributed by atoms with E-state index in [-0.39, 0.29) is 49.0 Å². The molecule has 0 amide bonds. The average molecular weight is 1180 g/mol. The average Bonchev–Trinajstić information content (AvgIpc) is 1.28. The van der Waals surface area contributed by atoms with Gasteiger partial charge in [0.05, 0.1) is 40.6 Å². The highest BCUT2D eigenvalue weighted by atomic mass is 28.4. The SMILES string of the molecule is C.C.COc1ccc(COCC/C=C\C(O)/C(F)=C\[C@H](C)[C@H](C)O[Si](c2ccccc2)(c2ccccc2)C(C)(C)C)cc1.COc1ccc(COCCC#CC(O)/C(F)=C\[C@H](C)[C@H](C)O[Si](c2ccccc2)(c2ccccc2)C(C)(C)C)cc1. The smallest absolute Gasteiger partial charge is 0.261 e. The van der Waals surface area contributed by atoms with Crippen molar-refractivity contribution in [1.29, 1.82) is 0 Å². The van der Waals surface area contributed by atoms with Crippen molar-refractivity contribution < 1.29 is 46.8 Å². The van der Waals surface area contributed by atoms with Gasteiger partial charge in [-0.05, 0) is 98.6 Å². The van der Waals surface area contributed by atoms with E-state index in [1.165, 1.54) is 39.0 Å². The van der Waals surface area contributed by atoms with E-state index in [0.29, 0.717) is 39.3 Å². The Morgan fingerprint density at radius 3 is 1.20 bits per heavy atom. The second kappa shape index (κ2) is 35.3. The molecule has 0 heterocycles. The minimum absolute atomic E-state index is 0. The zero-order valence-corrected chi connectivity index (χ0v) is 52.3. The highest BCUT2D eigenvalue weighted by Gasteiger charge is 2.52. The van der Waals surface area contributed by atoms with Gasteiger partial charge in [0.15, 0.2) is 6.10 Å². The Labute approximate surface area is 505 Å². The quantitative estimate of drug-likeness (QED) is 0.0240. The van der Waals surface area contributed by atoms with Crippen LogP contribution in [-0.2, 0) is 31.5 Å². The number of hydrogen-bond acceptors (Lipinski definition) is 8. The van der Waals surface area contributed by atoms with Gasteiger partial charge in [0, 0.05) is 30.5 Å². The van der Waals surface area contributed by atoms with Crippen molar-refractivity contribution in [1.82, 2.24) is 0 Å². The summed E-state index contributed by atoms with van der Waals surface area (Å²) in [6.45, 7) is 22.9. The van der Waals surface area contributed by atoms with E-state index in [4.69, 9.17) is 27.8 Å². The molecule has 6 aromatic rings. The molecule has 0 spiro atoms. The summed E-state index contributed by atoms with van der Waals surface area (Å²) in [5.74, 6) is 5.23. The van der Waals surface area contributed by atoms with E-state index in [1.807, 2.05) is 125 Å². The van der Waals surface area contributed by atoms with Crippen LogP contribution in [0.4, 0.5) is 8.78 Å². The van der Waals surface area contributed by atoms with Crippen molar-refractivity contribution >= 4 is 37.4 Å². The molecule has 6 aromatic carbocycles. The number of hydrogen-bond donors (Lipinski definition) is 2. The Hall–Kier alpha value is -6.25. The number of aliphatic hydroxyl groups excluding tert-OH is 2. The Morgan fingerprint density at radius 1 is 0.512 bits per heavy atom. The maximum atomic E-state index is 15.1. The molecule has 0 aliphatic heterocycles. The Morgan fingerprint density at radius 2 is 0.857 bits per heavy atom. The summed E-state index contributed by atoms with van der Waals surface area (Å²) in [4.78, 5) is 0. The third kappa shape index (κ3) is 20.5. The van der Waals surface area contributed by atoms with E-state index < -0.39 is 40.5 Å². The van der Waals surface area contributed by atoms with Gasteiger partial charge in [-0.15, -0.1) is 0 Å². The third-order valence-corrected chi connectivity index (χ3v) is 24.9. The summed E-state index contributed by atoms with van der Waals surface area (Å²) in [5.41, 5.74) is 2.07. The standard InChI is InChI=1S/C35H45FO4Si.C35H43FO4Si.2CH4/c2*1-27(25-33(36)34(37)19-13-14-24-39-26-29-20-22-30(38-6)23-21-29)28(2)40-41(35(3,4)5,31-15-9-7-10-16-31)32-17-11-8-12-18-32;;/h7-13,15-23,25,27-28,34,37H,14,24,26H2,1-6H3;7-12,15-18,20-23,25,27-28,34,37H,14,24,26H2,1-6H3;2*1H4/b19-13-,33-25+;33-25+;;/t2*27-,28-,34?;;/m00../s1. The van der Waals surface area contributed by atoms with Gasteiger partial charge in [-0.3, -0.25) is 0 Å². The van der Waals surface area contributed by atoms with Gasteiger partial charge in [0.1, 0.15) is 29.3 Å². The van der Waals surface area contributed by atoms with Crippen molar-refractivity contribution in [3.8, 4) is 23.3 Å². The van der Waals surface area contributed by atoms with Gasteiger partial charge in [-0.1, -0.05) is 240 Å². The van der Waals surface area contributed by atoms with E-state index in [1.54, 1.807) is 20.3 Å². The molecule has 0 saturated heterocycles. The first kappa shape index (κ1) is 72.0. The molecule has 454 valence electrons. The van der Waals surface area contributed by atoms with Crippen LogP contribution in [0.15, 0.2) is 206 Å². The summed E-state index contributed by atoms with van der Waals surface area (Å²) in [6.07, 6.45) is 3.72. The molecule has 12 heteroatoms. The number of ether oxygens (including phenoxy) is 4. The number of methoxy groups -OCH3 is 2. The fraction of sp³-hybridized carbons (Fsp3) is 0.389. The highest BCUT2D eigenvalue weighted by Crippen LogP contribution is 2.40. The summed E-state index contributed by atoms with van der Waals surface area (Å²) in [7, 11) is -2.28. The van der Waals surface area contributed by atoms with Crippen LogP contribution < -0.4 is 30.2 Å². The number of halogens is 2. The largest absolute Gasteiger partial charge is 0.497 e. The van der Waals surface area contributed by atoms with Crippen molar-refractivity contribution in [3.05, 3.63) is 217 Å². The lowest BCUT2D eigenvalue weighted by Crippen LogP contribution is -2.67. The van der Waals surface area contributed by atoms with Gasteiger partial charge < -0.3 is 38.0 Å². The Kier molecular flexibility index (Phi) is 30.2. The molecule has 0 aliphatic carbocycles. The van der Waals surface area contributed by atoms with Gasteiger partial charge >= 0.3 is 0 Å². The van der Waals surface area contributed by atoms with Crippen LogP contribution in [0.1, 0.15) is 108 Å². The first-order valence-electron chi connectivity index (χ1n) is 28.4. The van der Waals surface area contributed by atoms with Crippen molar-refractivity contribution in [3.63, 3.8) is 0 Å². The molecule has 84 heavy (non-hydrogen) atoms. The van der Waals surface area contributed by atoms with Gasteiger partial charge in [0.25, 0.3) is 16.6 Å². The monoisotopic (exact) mass is 1180 g/mol. The van der Waals surface area contributed by atoms with Crippen molar-refractivity contribution in [2.24, 2.45) is 11.8 Å². The zero-order valence-electron chi connectivity index (χ0n) is 50.3. The fourth-order valence-electron chi connectivity index (χ4n) is 9.77. The molecule has 2 unspecified atom stereocenters. The van der Waals surface area contributed by atoms with Gasteiger partial charge in [-0.25, -0.2) is 8.78 Å². The molecule has 0 radical (unpaired) electrons. The van der Waals surface area contributed by atoms with Crippen LogP contribution in [0.5, 0.6) is 11.5 Å². The molecule has 0 aromatic heterocycles. The topological polar surface area (TPSA) is 95.8 Å². The van der Waals surface area contributed by atoms with E-state index in [0.717, 1.165) is 22.6 Å². The summed E-state index contributed by atoms with van der Waals surface area (Å²) in [6, 6.07) is 56.9. The first-order valence-corrected chi connectivity index (χ1v) is 32.2. The van der Waals surface area contributed by atoms with Gasteiger partial charge in [-0.2, -0.15) is 0 Å². The number of rotatable bonds is 26. The maximum absolute atomic E-state index is 15.1. The molecule has 0 aliphatic rings. The lowest BCUT2D eigenvalue weighted by atomic mass is 10.0.